The topological polar surface area (TPSA) is 61.2 Å². The van der Waals surface area contributed by atoms with E-state index in [1.165, 1.54) is 6.07 Å². The van der Waals surface area contributed by atoms with Crippen molar-refractivity contribution < 1.29 is 13.9 Å². The van der Waals surface area contributed by atoms with E-state index in [-0.39, 0.29) is 18.5 Å². The molecule has 1 N–H and O–H groups in total. The third-order valence-corrected chi connectivity index (χ3v) is 4.32. The first-order chi connectivity index (χ1) is 13.3. The molecule has 1 aromatic heterocycles. The number of hydrogen-bond acceptors (Lipinski definition) is 5. The molecule has 27 heavy (non-hydrogen) atoms. The Labute approximate surface area is 156 Å². The Kier molecular flexibility index (Phi) is 5.41. The van der Waals surface area contributed by atoms with E-state index in [9.17, 15) is 4.39 Å². The van der Waals surface area contributed by atoms with Crippen LogP contribution in [0, 0.1) is 5.82 Å². The molecule has 0 spiro atoms. The van der Waals surface area contributed by atoms with Crippen LogP contribution in [0.3, 0.4) is 0 Å². The van der Waals surface area contributed by atoms with Crippen LogP contribution >= 0.6 is 0 Å². The SMILES string of the molecule is Fc1ccccc1-n1nc(COc2ccccc2)nc1C[C@@H]1CNCCO1. The average Bonchev–Trinajstić information content (AvgIpc) is 3.11. The van der Waals surface area contributed by atoms with Crippen molar-refractivity contribution in [1.29, 1.82) is 0 Å². The Bertz CT molecular complexity index is 879. The molecular formula is C20H21FN4O2. The van der Waals surface area contributed by atoms with Crippen LogP contribution in [-0.2, 0) is 17.8 Å². The van der Waals surface area contributed by atoms with E-state index in [2.05, 4.69) is 15.4 Å². The maximum atomic E-state index is 14.3. The molecule has 2 heterocycles. The van der Waals surface area contributed by atoms with Crippen molar-refractivity contribution in [2.75, 3.05) is 19.7 Å². The van der Waals surface area contributed by atoms with Gasteiger partial charge in [0.2, 0.25) is 0 Å². The number of hydrogen-bond donors (Lipinski definition) is 1. The standard InChI is InChI=1S/C20H21FN4O2/c21-17-8-4-5-9-18(17)25-20(12-16-13-22-10-11-26-16)23-19(24-25)14-27-15-6-2-1-3-7-15/h1-9,16,22H,10-14H2/t16-/m1/s1. The lowest BCUT2D eigenvalue weighted by Gasteiger charge is -2.23. The van der Waals surface area contributed by atoms with Crippen LogP contribution in [0.4, 0.5) is 4.39 Å². The van der Waals surface area contributed by atoms with Gasteiger partial charge in [0.15, 0.2) is 5.82 Å². The molecule has 7 heteroatoms. The first-order valence-corrected chi connectivity index (χ1v) is 8.99. The molecule has 1 aliphatic rings. The second kappa shape index (κ2) is 8.28. The van der Waals surface area contributed by atoms with E-state index in [1.54, 1.807) is 22.9 Å². The van der Waals surface area contributed by atoms with Crippen LogP contribution in [0.2, 0.25) is 0 Å². The smallest absolute Gasteiger partial charge is 0.188 e. The number of rotatable bonds is 6. The second-order valence-electron chi connectivity index (χ2n) is 6.31. The summed E-state index contributed by atoms with van der Waals surface area (Å²) in [5.74, 6) is 1.55. The molecule has 3 aromatic rings. The van der Waals surface area contributed by atoms with Crippen LogP contribution in [0.25, 0.3) is 5.69 Å². The van der Waals surface area contributed by atoms with Gasteiger partial charge in [0.05, 0.1) is 12.7 Å². The average molecular weight is 368 g/mol. The van der Waals surface area contributed by atoms with E-state index in [0.29, 0.717) is 30.4 Å². The Morgan fingerprint density at radius 3 is 2.74 bits per heavy atom. The number of benzene rings is 2. The molecule has 0 aliphatic carbocycles. The van der Waals surface area contributed by atoms with Crippen LogP contribution in [0.5, 0.6) is 5.75 Å². The lowest BCUT2D eigenvalue weighted by Crippen LogP contribution is -2.40. The first kappa shape index (κ1) is 17.6. The van der Waals surface area contributed by atoms with Gasteiger partial charge in [-0.3, -0.25) is 0 Å². The van der Waals surface area contributed by atoms with Gasteiger partial charge in [-0.2, -0.15) is 0 Å². The predicted molar refractivity (Wildman–Crippen MR) is 98.4 cm³/mol. The molecule has 2 aromatic carbocycles. The van der Waals surface area contributed by atoms with E-state index < -0.39 is 0 Å². The lowest BCUT2D eigenvalue weighted by molar-refractivity contribution is 0.0277. The summed E-state index contributed by atoms with van der Waals surface area (Å²) in [7, 11) is 0. The lowest BCUT2D eigenvalue weighted by atomic mass is 10.2. The van der Waals surface area contributed by atoms with Crippen molar-refractivity contribution in [2.24, 2.45) is 0 Å². The number of para-hydroxylation sites is 2. The molecule has 6 nitrogen and oxygen atoms in total. The molecule has 4 rings (SSSR count). The number of halogens is 1. The van der Waals surface area contributed by atoms with E-state index in [0.717, 1.165) is 18.8 Å². The maximum absolute atomic E-state index is 14.3. The fourth-order valence-corrected chi connectivity index (χ4v) is 3.02. The van der Waals surface area contributed by atoms with Gasteiger partial charge >= 0.3 is 0 Å². The van der Waals surface area contributed by atoms with Crippen molar-refractivity contribution in [1.82, 2.24) is 20.1 Å². The highest BCUT2D eigenvalue weighted by atomic mass is 19.1. The number of morpholine rings is 1. The summed E-state index contributed by atoms with van der Waals surface area (Å²) >= 11 is 0. The fourth-order valence-electron chi connectivity index (χ4n) is 3.02. The maximum Gasteiger partial charge on any atom is 0.188 e. The van der Waals surface area contributed by atoms with E-state index >= 15 is 0 Å². The molecule has 1 aliphatic heterocycles. The zero-order chi connectivity index (χ0) is 18.5. The zero-order valence-corrected chi connectivity index (χ0v) is 14.8. The minimum atomic E-state index is -0.345. The number of ether oxygens (including phenoxy) is 2. The molecular weight excluding hydrogens is 347 g/mol. The molecule has 140 valence electrons. The molecule has 0 amide bonds. The molecule has 0 unspecified atom stereocenters. The molecule has 0 bridgehead atoms. The van der Waals surface area contributed by atoms with Crippen LogP contribution in [0.15, 0.2) is 54.6 Å². The monoisotopic (exact) mass is 368 g/mol. The fraction of sp³-hybridized carbons (Fsp3) is 0.300. The Morgan fingerprint density at radius 1 is 1.15 bits per heavy atom. The van der Waals surface area contributed by atoms with E-state index in [1.807, 2.05) is 30.3 Å². The third kappa shape index (κ3) is 4.32. The predicted octanol–water partition coefficient (Wildman–Crippen LogP) is 2.52. The van der Waals surface area contributed by atoms with Gasteiger partial charge in [-0.05, 0) is 24.3 Å². The zero-order valence-electron chi connectivity index (χ0n) is 14.8. The van der Waals surface area contributed by atoms with Gasteiger partial charge in [0.1, 0.15) is 29.7 Å². The molecule has 0 saturated carbocycles. The van der Waals surface area contributed by atoms with Gasteiger partial charge in [-0.25, -0.2) is 14.1 Å². The van der Waals surface area contributed by atoms with Crippen molar-refractivity contribution in [3.8, 4) is 11.4 Å². The van der Waals surface area contributed by atoms with Crippen molar-refractivity contribution in [3.63, 3.8) is 0 Å². The summed E-state index contributed by atoms with van der Waals surface area (Å²) in [6, 6.07) is 16.0. The van der Waals surface area contributed by atoms with Crippen LogP contribution in [-0.4, -0.2) is 40.6 Å². The van der Waals surface area contributed by atoms with Gasteiger partial charge in [-0.15, -0.1) is 5.10 Å². The molecule has 1 saturated heterocycles. The highest BCUT2D eigenvalue weighted by Gasteiger charge is 2.21. The minimum Gasteiger partial charge on any atom is -0.486 e. The Balaban J connectivity index is 1.59. The Hall–Kier alpha value is -2.77. The molecule has 0 radical (unpaired) electrons. The number of nitrogens with zero attached hydrogens (tertiary/aromatic N) is 3. The summed E-state index contributed by atoms with van der Waals surface area (Å²) in [6.45, 7) is 2.44. The van der Waals surface area contributed by atoms with Crippen molar-refractivity contribution in [3.05, 3.63) is 72.1 Å². The number of aromatic nitrogens is 3. The highest BCUT2D eigenvalue weighted by molar-refractivity contribution is 5.33. The molecule has 1 atom stereocenters. The van der Waals surface area contributed by atoms with E-state index in [4.69, 9.17) is 9.47 Å². The first-order valence-electron chi connectivity index (χ1n) is 8.99. The highest BCUT2D eigenvalue weighted by Crippen LogP contribution is 2.17. The largest absolute Gasteiger partial charge is 0.486 e. The quantitative estimate of drug-likeness (QED) is 0.724. The minimum absolute atomic E-state index is 0.0173. The van der Waals surface area contributed by atoms with Gasteiger partial charge in [0, 0.05) is 19.5 Å². The van der Waals surface area contributed by atoms with Crippen LogP contribution < -0.4 is 10.1 Å². The Morgan fingerprint density at radius 2 is 1.96 bits per heavy atom. The summed E-state index contributed by atoms with van der Waals surface area (Å²) in [5, 5.41) is 7.78. The number of nitrogens with one attached hydrogen (secondary N) is 1. The molecule has 1 fully saturated rings. The summed E-state index contributed by atoms with van der Waals surface area (Å²) in [5.41, 5.74) is 0.370. The summed E-state index contributed by atoms with van der Waals surface area (Å²) in [6.07, 6.45) is 0.524. The summed E-state index contributed by atoms with van der Waals surface area (Å²) < 4.78 is 27.4. The van der Waals surface area contributed by atoms with Gasteiger partial charge in [-0.1, -0.05) is 30.3 Å². The summed E-state index contributed by atoms with van der Waals surface area (Å²) in [4.78, 5) is 4.59. The van der Waals surface area contributed by atoms with Crippen molar-refractivity contribution in [2.45, 2.75) is 19.1 Å². The van der Waals surface area contributed by atoms with Crippen molar-refractivity contribution >= 4 is 0 Å². The van der Waals surface area contributed by atoms with Crippen LogP contribution in [0.1, 0.15) is 11.6 Å². The third-order valence-electron chi connectivity index (χ3n) is 4.32. The van der Waals surface area contributed by atoms with Gasteiger partial charge < -0.3 is 14.8 Å². The normalized spacial score (nSPS) is 17.0. The van der Waals surface area contributed by atoms with Gasteiger partial charge in [0.25, 0.3) is 0 Å². The second-order valence-corrected chi connectivity index (χ2v) is 6.31.